The minimum atomic E-state index is -0.580. The van der Waals surface area contributed by atoms with E-state index in [4.69, 9.17) is 20.0 Å². The summed E-state index contributed by atoms with van der Waals surface area (Å²) >= 11 is 0. The van der Waals surface area contributed by atoms with E-state index in [0.29, 0.717) is 48.2 Å². The molecule has 0 saturated carbocycles. The van der Waals surface area contributed by atoms with Crippen molar-refractivity contribution in [3.05, 3.63) is 129 Å². The van der Waals surface area contributed by atoms with E-state index in [0.717, 1.165) is 39.3 Å². The number of aromatic hydroxyl groups is 4. The third-order valence-electron chi connectivity index (χ3n) is 10.1. The third-order valence-corrected chi connectivity index (χ3v) is 10.1. The number of nitrogens with zero attached hydrogens (tertiary/aromatic N) is 4. The van der Waals surface area contributed by atoms with Gasteiger partial charge in [-0.2, -0.15) is 0 Å². The predicted octanol–water partition coefficient (Wildman–Crippen LogP) is 10.9. The van der Waals surface area contributed by atoms with Crippen LogP contribution in [0.25, 0.3) is 0 Å². The summed E-state index contributed by atoms with van der Waals surface area (Å²) in [4.78, 5) is 19.2. The van der Waals surface area contributed by atoms with E-state index in [1.54, 1.807) is 36.7 Å². The maximum Gasteiger partial charge on any atom is 0.127 e. The van der Waals surface area contributed by atoms with Crippen molar-refractivity contribution in [2.75, 3.05) is 13.1 Å². The Labute approximate surface area is 346 Å². The molecule has 0 atom stereocenters. The number of benzene rings is 4. The molecular weight excluding hydrogens is 721 g/mol. The molecular formula is C50H64N4O4. The van der Waals surface area contributed by atoms with Crippen LogP contribution < -0.4 is 0 Å². The van der Waals surface area contributed by atoms with Crippen molar-refractivity contribution in [2.45, 2.75) is 118 Å². The Balaban J connectivity index is 1.60. The second-order valence-corrected chi connectivity index (χ2v) is 18.7. The Kier molecular flexibility index (Phi) is 14.0. The van der Waals surface area contributed by atoms with Crippen molar-refractivity contribution < 1.29 is 20.4 Å². The summed E-state index contributed by atoms with van der Waals surface area (Å²) in [5, 5.41) is 43.9. The minimum absolute atomic E-state index is 0.144. The molecule has 0 saturated heterocycles. The molecule has 4 aromatic carbocycles. The van der Waals surface area contributed by atoms with Crippen LogP contribution in [0, 0.1) is 0 Å². The number of allylic oxidation sites excluding steroid dienone is 1. The van der Waals surface area contributed by atoms with Gasteiger partial charge in [0.2, 0.25) is 0 Å². The lowest BCUT2D eigenvalue weighted by Gasteiger charge is -2.24. The second-order valence-electron chi connectivity index (χ2n) is 18.7. The standard InChI is InChI=1S/C50H64N4O4/c1-32(22-35-24-39(47(4,5)6)26-37(45(35)57)28-53-49(10,11)30-51-33(2)41-18-14-16-20-43(41)55)23-36-25-40(48(7,8)9)27-38(46(36)58)29-54-50(12,13)31-52-34(3)42-19-15-17-21-44(42)56/h14-21,24-29,55-58H,1,22-23,30-31H2,2-13H3. The summed E-state index contributed by atoms with van der Waals surface area (Å²) in [6.07, 6.45) is 4.25. The molecule has 0 fully saturated rings. The fraction of sp³-hybridized carbons (Fsp3) is 0.400. The fourth-order valence-electron chi connectivity index (χ4n) is 6.30. The zero-order valence-electron chi connectivity index (χ0n) is 36.7. The number of phenols is 4. The zero-order valence-corrected chi connectivity index (χ0v) is 36.7. The number of para-hydroxylation sites is 2. The smallest absolute Gasteiger partial charge is 0.127 e. The number of aliphatic imine (C=N–C) groups is 4. The zero-order chi connectivity index (χ0) is 43.2. The topological polar surface area (TPSA) is 130 Å². The molecule has 0 aliphatic carbocycles. The molecule has 8 nitrogen and oxygen atoms in total. The molecule has 0 aromatic heterocycles. The van der Waals surface area contributed by atoms with Gasteiger partial charge in [0.1, 0.15) is 23.0 Å². The highest BCUT2D eigenvalue weighted by Gasteiger charge is 2.23. The largest absolute Gasteiger partial charge is 0.507 e. The molecule has 4 N–H and O–H groups in total. The molecule has 4 rings (SSSR count). The van der Waals surface area contributed by atoms with Gasteiger partial charge in [-0.15, -0.1) is 0 Å². The SMILES string of the molecule is C=C(Cc1cc(C(C)(C)C)cc(C=NC(C)(C)CN=C(C)c2ccccc2O)c1O)Cc1cc(C(C)(C)C)cc(C=NC(C)(C)CN=C(C)c2ccccc2O)c1O. The van der Waals surface area contributed by atoms with Crippen LogP contribution >= 0.6 is 0 Å². The monoisotopic (exact) mass is 784 g/mol. The molecule has 4 aromatic rings. The highest BCUT2D eigenvalue weighted by atomic mass is 16.3. The first-order chi connectivity index (χ1) is 26.9. The molecule has 58 heavy (non-hydrogen) atoms. The predicted molar refractivity (Wildman–Crippen MR) is 244 cm³/mol. The van der Waals surface area contributed by atoms with Crippen molar-refractivity contribution in [3.8, 4) is 23.0 Å². The lowest BCUT2D eigenvalue weighted by molar-refractivity contribution is 0.464. The number of hydrogen-bond donors (Lipinski definition) is 4. The molecule has 0 spiro atoms. The summed E-state index contributed by atoms with van der Waals surface area (Å²) in [5.74, 6) is 0.665. The van der Waals surface area contributed by atoms with Crippen molar-refractivity contribution in [2.24, 2.45) is 20.0 Å². The maximum atomic E-state index is 11.7. The van der Waals surface area contributed by atoms with Crippen LogP contribution in [0.3, 0.4) is 0 Å². The Morgan fingerprint density at radius 3 is 1.22 bits per heavy atom. The summed E-state index contributed by atoms with van der Waals surface area (Å²) in [7, 11) is 0. The van der Waals surface area contributed by atoms with E-state index in [2.05, 4.69) is 48.1 Å². The molecule has 308 valence electrons. The van der Waals surface area contributed by atoms with Gasteiger partial charge < -0.3 is 20.4 Å². The highest BCUT2D eigenvalue weighted by molar-refractivity contribution is 6.01. The van der Waals surface area contributed by atoms with E-state index in [1.165, 1.54) is 0 Å². The van der Waals surface area contributed by atoms with Crippen molar-refractivity contribution >= 4 is 23.9 Å². The Morgan fingerprint density at radius 1 is 0.552 bits per heavy atom. The van der Waals surface area contributed by atoms with E-state index in [1.807, 2.05) is 90.1 Å². The molecule has 0 heterocycles. The molecule has 0 unspecified atom stereocenters. The summed E-state index contributed by atoms with van der Waals surface area (Å²) in [6.45, 7) is 29.8. The van der Waals surface area contributed by atoms with Gasteiger partial charge in [0.25, 0.3) is 0 Å². The van der Waals surface area contributed by atoms with E-state index in [-0.39, 0.29) is 33.8 Å². The van der Waals surface area contributed by atoms with Crippen molar-refractivity contribution in [3.63, 3.8) is 0 Å². The first-order valence-corrected chi connectivity index (χ1v) is 20.0. The Bertz CT molecular complexity index is 2090. The molecule has 0 aliphatic rings. The quantitative estimate of drug-likeness (QED) is 0.0749. The van der Waals surface area contributed by atoms with Gasteiger partial charge in [0.15, 0.2) is 0 Å². The van der Waals surface area contributed by atoms with E-state index < -0.39 is 11.1 Å². The minimum Gasteiger partial charge on any atom is -0.507 e. The first kappa shape index (κ1) is 45.2. The van der Waals surface area contributed by atoms with Crippen LogP contribution in [-0.2, 0) is 23.7 Å². The lowest BCUT2D eigenvalue weighted by Crippen LogP contribution is -2.22. The highest BCUT2D eigenvalue weighted by Crippen LogP contribution is 2.35. The van der Waals surface area contributed by atoms with Crippen LogP contribution in [0.5, 0.6) is 23.0 Å². The summed E-state index contributed by atoms with van der Waals surface area (Å²) in [5.41, 5.74) is 6.91. The van der Waals surface area contributed by atoms with Gasteiger partial charge in [0, 0.05) is 46.1 Å². The lowest BCUT2D eigenvalue weighted by atomic mass is 9.82. The van der Waals surface area contributed by atoms with Gasteiger partial charge in [-0.25, -0.2) is 0 Å². The average Bonchev–Trinajstić information content (AvgIpc) is 3.13. The number of hydrogen-bond acceptors (Lipinski definition) is 8. The first-order valence-electron chi connectivity index (χ1n) is 20.0. The Morgan fingerprint density at radius 2 is 0.897 bits per heavy atom. The normalized spacial score (nSPS) is 13.5. The van der Waals surface area contributed by atoms with Crippen LogP contribution in [-0.4, -0.2) is 68.4 Å². The molecule has 0 aliphatic heterocycles. The van der Waals surface area contributed by atoms with Crippen LogP contribution in [0.1, 0.15) is 128 Å². The number of rotatable bonds is 14. The van der Waals surface area contributed by atoms with Gasteiger partial charge in [-0.05, 0) is 124 Å². The van der Waals surface area contributed by atoms with Crippen LogP contribution in [0.4, 0.5) is 0 Å². The van der Waals surface area contributed by atoms with E-state index >= 15 is 0 Å². The maximum absolute atomic E-state index is 11.7. The molecule has 0 radical (unpaired) electrons. The molecule has 0 bridgehead atoms. The van der Waals surface area contributed by atoms with Crippen molar-refractivity contribution in [1.29, 1.82) is 0 Å². The Hall–Kier alpha value is -5.50. The second kappa shape index (κ2) is 18.0. The summed E-state index contributed by atoms with van der Waals surface area (Å²) in [6, 6.07) is 22.3. The van der Waals surface area contributed by atoms with Crippen molar-refractivity contribution in [1.82, 2.24) is 0 Å². The molecule has 0 amide bonds. The van der Waals surface area contributed by atoms with Crippen LogP contribution in [0.2, 0.25) is 0 Å². The van der Waals surface area contributed by atoms with Gasteiger partial charge in [-0.3, -0.25) is 20.0 Å². The number of phenolic OH excluding ortho intramolecular Hbond substituents is 4. The van der Waals surface area contributed by atoms with Gasteiger partial charge in [0.05, 0.1) is 24.2 Å². The third kappa shape index (κ3) is 12.3. The van der Waals surface area contributed by atoms with Gasteiger partial charge in [-0.1, -0.05) is 90.1 Å². The fourth-order valence-corrected chi connectivity index (χ4v) is 6.30. The van der Waals surface area contributed by atoms with Gasteiger partial charge >= 0.3 is 0 Å². The van der Waals surface area contributed by atoms with Crippen LogP contribution in [0.15, 0.2) is 105 Å². The summed E-state index contributed by atoms with van der Waals surface area (Å²) < 4.78 is 0. The molecule has 8 heteroatoms. The average molecular weight is 785 g/mol. The van der Waals surface area contributed by atoms with E-state index in [9.17, 15) is 20.4 Å².